The van der Waals surface area contributed by atoms with E-state index in [2.05, 4.69) is 15.3 Å². The number of aromatic nitrogens is 3. The molecule has 152 valence electrons. The van der Waals surface area contributed by atoms with Gasteiger partial charge in [0, 0.05) is 6.07 Å². The van der Waals surface area contributed by atoms with E-state index in [1.807, 2.05) is 0 Å². The maximum Gasteiger partial charge on any atom is 0.408 e. The van der Waals surface area contributed by atoms with Gasteiger partial charge in [0.15, 0.2) is 0 Å². The van der Waals surface area contributed by atoms with Crippen LogP contribution in [0, 0.1) is 5.82 Å². The molecule has 7 nitrogen and oxygen atoms in total. The van der Waals surface area contributed by atoms with Gasteiger partial charge in [0.25, 0.3) is 5.56 Å². The van der Waals surface area contributed by atoms with Crippen LogP contribution >= 0.6 is 11.6 Å². The predicted molar refractivity (Wildman–Crippen MR) is 108 cm³/mol. The van der Waals surface area contributed by atoms with Crippen molar-refractivity contribution in [1.82, 2.24) is 19.9 Å². The summed E-state index contributed by atoms with van der Waals surface area (Å²) in [5.41, 5.74) is -0.672. The first-order valence-corrected chi connectivity index (χ1v) is 9.26. The highest BCUT2D eigenvalue weighted by atomic mass is 35.5. The topological polar surface area (TPSA) is 86.1 Å². The second-order valence-electron chi connectivity index (χ2n) is 7.47. The Hall–Kier alpha value is -3.00. The maximum atomic E-state index is 13.8. The summed E-state index contributed by atoms with van der Waals surface area (Å²) in [6, 6.07) is 5.30. The van der Waals surface area contributed by atoms with Gasteiger partial charge >= 0.3 is 6.09 Å². The first kappa shape index (κ1) is 20.7. The Labute approximate surface area is 171 Å². The zero-order chi connectivity index (χ0) is 21.3. The van der Waals surface area contributed by atoms with Crippen molar-refractivity contribution in [2.75, 3.05) is 0 Å². The van der Waals surface area contributed by atoms with Crippen molar-refractivity contribution in [3.63, 3.8) is 0 Å². The number of hydrogen-bond acceptors (Lipinski definition) is 5. The Morgan fingerprint density at radius 2 is 2.03 bits per heavy atom. The highest BCUT2D eigenvalue weighted by Crippen LogP contribution is 2.23. The van der Waals surface area contributed by atoms with Crippen LogP contribution in [0.15, 0.2) is 41.5 Å². The third-order valence-corrected chi connectivity index (χ3v) is 4.26. The molecule has 0 saturated carbocycles. The van der Waals surface area contributed by atoms with Crippen LogP contribution in [0.4, 0.5) is 9.18 Å². The first-order chi connectivity index (χ1) is 13.6. The summed E-state index contributed by atoms with van der Waals surface area (Å²) in [4.78, 5) is 33.8. The molecule has 0 radical (unpaired) electrons. The van der Waals surface area contributed by atoms with Crippen molar-refractivity contribution in [2.24, 2.45) is 0 Å². The number of hydrogen-bond donors (Lipinski definition) is 1. The van der Waals surface area contributed by atoms with Gasteiger partial charge in [-0.1, -0.05) is 17.7 Å². The van der Waals surface area contributed by atoms with Crippen molar-refractivity contribution >= 4 is 28.6 Å². The number of alkyl carbamates (subject to hydrolysis) is 1. The molecule has 3 rings (SSSR count). The van der Waals surface area contributed by atoms with E-state index in [1.54, 1.807) is 45.9 Å². The van der Waals surface area contributed by atoms with Crippen LogP contribution in [0.3, 0.4) is 0 Å². The number of carbonyl (C=O) groups is 1. The third kappa shape index (κ3) is 4.54. The number of ether oxygens (including phenoxy) is 1. The van der Waals surface area contributed by atoms with E-state index in [0.717, 1.165) is 12.3 Å². The number of fused-ring (bicyclic) bond motifs is 1. The number of benzene rings is 1. The van der Waals surface area contributed by atoms with E-state index in [-0.39, 0.29) is 21.9 Å². The van der Waals surface area contributed by atoms with Crippen LogP contribution < -0.4 is 10.9 Å². The van der Waals surface area contributed by atoms with Gasteiger partial charge in [-0.15, -0.1) is 0 Å². The van der Waals surface area contributed by atoms with Gasteiger partial charge in [0.2, 0.25) is 0 Å². The third-order valence-electron chi connectivity index (χ3n) is 3.94. The van der Waals surface area contributed by atoms with Crippen molar-refractivity contribution in [3.05, 3.63) is 63.7 Å². The Morgan fingerprint density at radius 1 is 1.31 bits per heavy atom. The molecule has 2 aromatic heterocycles. The van der Waals surface area contributed by atoms with Crippen LogP contribution in [0.25, 0.3) is 16.6 Å². The summed E-state index contributed by atoms with van der Waals surface area (Å²) < 4.78 is 20.3. The standard InChI is InChI=1S/C20H20ClFN4O3/c1-11(24-19(28)29-20(2,3)4)17-25-15-7-5-6-14(21)16(15)18(27)26(17)13-8-12(22)9-23-10-13/h5-11H,1-4H3,(H,24,28). The highest BCUT2D eigenvalue weighted by molar-refractivity contribution is 6.35. The van der Waals surface area contributed by atoms with Gasteiger partial charge in [0.1, 0.15) is 17.2 Å². The smallest absolute Gasteiger partial charge is 0.408 e. The molecule has 2 heterocycles. The van der Waals surface area contributed by atoms with Crippen LogP contribution in [-0.2, 0) is 4.74 Å². The number of nitrogens with zero attached hydrogens (tertiary/aromatic N) is 3. The van der Waals surface area contributed by atoms with Crippen LogP contribution in [0.2, 0.25) is 5.02 Å². The van der Waals surface area contributed by atoms with Crippen LogP contribution in [0.5, 0.6) is 0 Å². The Kier molecular flexibility index (Phi) is 5.57. The molecule has 3 aromatic rings. The molecule has 1 aromatic carbocycles. The minimum atomic E-state index is -0.732. The van der Waals surface area contributed by atoms with Crippen molar-refractivity contribution in [3.8, 4) is 5.69 Å². The Morgan fingerprint density at radius 3 is 2.69 bits per heavy atom. The van der Waals surface area contributed by atoms with E-state index in [9.17, 15) is 14.0 Å². The number of rotatable bonds is 3. The van der Waals surface area contributed by atoms with E-state index < -0.39 is 29.1 Å². The molecule has 0 aliphatic heterocycles. The molecule has 29 heavy (non-hydrogen) atoms. The Balaban J connectivity index is 2.18. The van der Waals surface area contributed by atoms with Gasteiger partial charge in [-0.3, -0.25) is 14.3 Å². The normalized spacial score (nSPS) is 12.6. The summed E-state index contributed by atoms with van der Waals surface area (Å²) >= 11 is 6.21. The summed E-state index contributed by atoms with van der Waals surface area (Å²) in [6.45, 7) is 6.86. The molecule has 0 aliphatic carbocycles. The lowest BCUT2D eigenvalue weighted by molar-refractivity contribution is 0.0505. The average molecular weight is 419 g/mol. The fourth-order valence-corrected chi connectivity index (χ4v) is 3.07. The molecule has 0 aliphatic rings. The van der Waals surface area contributed by atoms with E-state index in [1.165, 1.54) is 10.8 Å². The van der Waals surface area contributed by atoms with E-state index in [4.69, 9.17) is 16.3 Å². The zero-order valence-corrected chi connectivity index (χ0v) is 17.1. The van der Waals surface area contributed by atoms with Crippen LogP contribution in [0.1, 0.15) is 39.6 Å². The molecule has 1 unspecified atom stereocenters. The molecule has 1 N–H and O–H groups in total. The van der Waals surface area contributed by atoms with Gasteiger partial charge < -0.3 is 10.1 Å². The van der Waals surface area contributed by atoms with Gasteiger partial charge in [0.05, 0.1) is 40.0 Å². The molecule has 0 bridgehead atoms. The largest absolute Gasteiger partial charge is 0.444 e. The highest BCUT2D eigenvalue weighted by Gasteiger charge is 2.23. The molecule has 1 atom stereocenters. The predicted octanol–water partition coefficient (Wildman–Crippen LogP) is 4.16. The molecule has 0 fully saturated rings. The van der Waals surface area contributed by atoms with Gasteiger partial charge in [-0.25, -0.2) is 14.2 Å². The zero-order valence-electron chi connectivity index (χ0n) is 16.4. The quantitative estimate of drug-likeness (QED) is 0.690. The number of carbonyl (C=O) groups excluding carboxylic acids is 1. The second kappa shape index (κ2) is 7.79. The van der Waals surface area contributed by atoms with Crippen molar-refractivity contribution in [1.29, 1.82) is 0 Å². The average Bonchev–Trinajstić information content (AvgIpc) is 2.59. The fourth-order valence-electron chi connectivity index (χ4n) is 2.82. The van der Waals surface area contributed by atoms with Gasteiger partial charge in [-0.2, -0.15) is 0 Å². The number of nitrogens with one attached hydrogen (secondary N) is 1. The molecular weight excluding hydrogens is 399 g/mol. The molecule has 1 amide bonds. The summed E-state index contributed by atoms with van der Waals surface area (Å²) in [5, 5.41) is 3.06. The van der Waals surface area contributed by atoms with Crippen molar-refractivity contribution < 1.29 is 13.9 Å². The number of pyridine rings is 1. The summed E-state index contributed by atoms with van der Waals surface area (Å²) in [6.07, 6.45) is 1.69. The number of amides is 1. The maximum absolute atomic E-state index is 13.8. The summed E-state index contributed by atoms with van der Waals surface area (Å²) in [5.74, 6) is -0.435. The SMILES string of the molecule is CC(NC(=O)OC(C)(C)C)c1nc2cccc(Cl)c2c(=O)n1-c1cncc(F)c1. The minimum absolute atomic E-state index is 0.164. The van der Waals surface area contributed by atoms with E-state index >= 15 is 0 Å². The van der Waals surface area contributed by atoms with Gasteiger partial charge in [-0.05, 0) is 39.8 Å². The fraction of sp³-hybridized carbons (Fsp3) is 0.300. The number of halogens is 2. The lowest BCUT2D eigenvalue weighted by Gasteiger charge is -2.23. The minimum Gasteiger partial charge on any atom is -0.444 e. The second-order valence-corrected chi connectivity index (χ2v) is 7.88. The Bertz CT molecular complexity index is 1140. The molecule has 0 spiro atoms. The molecular formula is C20H20ClFN4O3. The van der Waals surface area contributed by atoms with Crippen molar-refractivity contribution in [2.45, 2.75) is 39.3 Å². The summed E-state index contributed by atoms with van der Waals surface area (Å²) in [7, 11) is 0. The molecule has 9 heteroatoms. The lowest BCUT2D eigenvalue weighted by Crippen LogP contribution is -2.37. The lowest BCUT2D eigenvalue weighted by atomic mass is 10.2. The van der Waals surface area contributed by atoms with E-state index in [0.29, 0.717) is 5.52 Å². The molecule has 0 saturated heterocycles. The monoisotopic (exact) mass is 418 g/mol. The van der Waals surface area contributed by atoms with Crippen LogP contribution in [-0.4, -0.2) is 26.2 Å². The first-order valence-electron chi connectivity index (χ1n) is 8.88.